The summed E-state index contributed by atoms with van der Waals surface area (Å²) in [6.45, 7) is 0. The number of ether oxygens (including phenoxy) is 1. The Kier molecular flexibility index (Phi) is 3.14. The first-order chi connectivity index (χ1) is 7.58. The molecule has 0 radical (unpaired) electrons. The highest BCUT2D eigenvalue weighted by molar-refractivity contribution is 9.10. The molecular weight excluding hydrogens is 272 g/mol. The van der Waals surface area contributed by atoms with E-state index in [-0.39, 0.29) is 5.91 Å². The molecule has 1 aliphatic rings. The molecule has 0 saturated heterocycles. The topological polar surface area (TPSA) is 42.4 Å². The Morgan fingerprint density at radius 3 is 2.81 bits per heavy atom. The van der Waals surface area contributed by atoms with Gasteiger partial charge in [-0.15, -0.1) is 0 Å². The number of carbonyl (C=O) groups is 1. The predicted molar refractivity (Wildman–Crippen MR) is 63.6 cm³/mol. The SMILES string of the molecule is CN(C)C(=O)c1cc(OC2CC2)cnc1Br. The summed E-state index contributed by atoms with van der Waals surface area (Å²) in [7, 11) is 3.42. The van der Waals surface area contributed by atoms with E-state index in [0.29, 0.717) is 22.0 Å². The molecule has 0 aliphatic heterocycles. The number of nitrogens with zero attached hydrogens (tertiary/aromatic N) is 2. The highest BCUT2D eigenvalue weighted by atomic mass is 79.9. The largest absolute Gasteiger partial charge is 0.489 e. The summed E-state index contributed by atoms with van der Waals surface area (Å²) in [5, 5.41) is 0. The second kappa shape index (κ2) is 4.41. The molecule has 4 nitrogen and oxygen atoms in total. The molecule has 16 heavy (non-hydrogen) atoms. The van der Waals surface area contributed by atoms with E-state index >= 15 is 0 Å². The molecule has 0 N–H and O–H groups in total. The standard InChI is InChI=1S/C11H13BrN2O2/c1-14(2)11(15)9-5-8(6-13-10(9)12)16-7-3-4-7/h5-7H,3-4H2,1-2H3. The van der Waals surface area contributed by atoms with E-state index < -0.39 is 0 Å². The minimum absolute atomic E-state index is 0.0828. The van der Waals surface area contributed by atoms with Gasteiger partial charge in [0.25, 0.3) is 5.91 Å². The fraction of sp³-hybridized carbons (Fsp3) is 0.455. The Bertz CT molecular complexity index is 416. The van der Waals surface area contributed by atoms with Crippen LogP contribution in [0, 0.1) is 0 Å². The quantitative estimate of drug-likeness (QED) is 0.799. The molecule has 1 aliphatic carbocycles. The minimum Gasteiger partial charge on any atom is -0.489 e. The van der Waals surface area contributed by atoms with E-state index in [2.05, 4.69) is 20.9 Å². The van der Waals surface area contributed by atoms with Gasteiger partial charge in [0.05, 0.1) is 17.9 Å². The van der Waals surface area contributed by atoms with Crippen LogP contribution in [-0.4, -0.2) is 36.0 Å². The van der Waals surface area contributed by atoms with Crippen molar-refractivity contribution in [2.24, 2.45) is 0 Å². The number of aromatic nitrogens is 1. The van der Waals surface area contributed by atoms with E-state index in [1.54, 1.807) is 26.4 Å². The third kappa shape index (κ3) is 2.52. The van der Waals surface area contributed by atoms with Crippen molar-refractivity contribution >= 4 is 21.8 Å². The van der Waals surface area contributed by atoms with Gasteiger partial charge in [0.15, 0.2) is 0 Å². The van der Waals surface area contributed by atoms with Gasteiger partial charge in [-0.3, -0.25) is 4.79 Å². The van der Waals surface area contributed by atoms with Crippen molar-refractivity contribution in [3.63, 3.8) is 0 Å². The zero-order valence-corrected chi connectivity index (χ0v) is 10.8. The van der Waals surface area contributed by atoms with Crippen molar-refractivity contribution < 1.29 is 9.53 Å². The van der Waals surface area contributed by atoms with Crippen LogP contribution in [0.4, 0.5) is 0 Å². The molecule has 1 heterocycles. The molecule has 0 aromatic carbocycles. The molecule has 1 fully saturated rings. The van der Waals surface area contributed by atoms with Gasteiger partial charge in [0.1, 0.15) is 10.4 Å². The smallest absolute Gasteiger partial charge is 0.256 e. The number of rotatable bonds is 3. The Morgan fingerprint density at radius 2 is 2.25 bits per heavy atom. The van der Waals surface area contributed by atoms with Crippen LogP contribution in [0.3, 0.4) is 0 Å². The Balaban J connectivity index is 2.24. The number of hydrogen-bond donors (Lipinski definition) is 0. The first-order valence-electron chi connectivity index (χ1n) is 5.12. The fourth-order valence-electron chi connectivity index (χ4n) is 1.26. The summed E-state index contributed by atoms with van der Waals surface area (Å²) in [6.07, 6.45) is 4.12. The van der Waals surface area contributed by atoms with Crippen LogP contribution in [-0.2, 0) is 0 Å². The van der Waals surface area contributed by atoms with E-state index in [9.17, 15) is 4.79 Å². The Labute approximate surface area is 103 Å². The zero-order valence-electron chi connectivity index (χ0n) is 9.24. The summed E-state index contributed by atoms with van der Waals surface area (Å²) in [5.41, 5.74) is 0.531. The highest BCUT2D eigenvalue weighted by Crippen LogP contribution is 2.28. The van der Waals surface area contributed by atoms with Crippen LogP contribution in [0.15, 0.2) is 16.9 Å². The average Bonchev–Trinajstić information content (AvgIpc) is 3.03. The molecule has 1 aromatic rings. The summed E-state index contributed by atoms with van der Waals surface area (Å²) in [4.78, 5) is 17.4. The molecule has 0 bridgehead atoms. The Hall–Kier alpha value is -1.10. The number of halogens is 1. The van der Waals surface area contributed by atoms with Gasteiger partial charge in [0, 0.05) is 14.1 Å². The van der Waals surface area contributed by atoms with E-state index in [1.165, 1.54) is 4.90 Å². The second-order valence-electron chi connectivity index (χ2n) is 4.03. The Morgan fingerprint density at radius 1 is 1.56 bits per heavy atom. The summed E-state index contributed by atoms with van der Waals surface area (Å²) in [5.74, 6) is 0.580. The molecule has 86 valence electrons. The molecule has 0 atom stereocenters. The number of hydrogen-bond acceptors (Lipinski definition) is 3. The van der Waals surface area contributed by atoms with E-state index in [1.807, 2.05) is 0 Å². The van der Waals surface area contributed by atoms with Crippen molar-refractivity contribution in [3.8, 4) is 5.75 Å². The second-order valence-corrected chi connectivity index (χ2v) is 4.78. The summed E-state index contributed by atoms with van der Waals surface area (Å²) in [6, 6.07) is 1.73. The molecule has 0 spiro atoms. The minimum atomic E-state index is -0.0828. The molecule has 1 aromatic heterocycles. The maximum absolute atomic E-state index is 11.8. The van der Waals surface area contributed by atoms with Crippen LogP contribution in [0.5, 0.6) is 5.75 Å². The van der Waals surface area contributed by atoms with Gasteiger partial charge >= 0.3 is 0 Å². The van der Waals surface area contributed by atoms with Crippen molar-refractivity contribution in [1.82, 2.24) is 9.88 Å². The molecule has 2 rings (SSSR count). The average molecular weight is 285 g/mol. The fourth-order valence-corrected chi connectivity index (χ4v) is 1.65. The van der Waals surface area contributed by atoms with E-state index in [4.69, 9.17) is 4.74 Å². The van der Waals surface area contributed by atoms with Crippen LogP contribution in [0.1, 0.15) is 23.2 Å². The molecule has 1 saturated carbocycles. The van der Waals surface area contributed by atoms with E-state index in [0.717, 1.165) is 12.8 Å². The molecular formula is C11H13BrN2O2. The molecule has 5 heteroatoms. The van der Waals surface area contributed by atoms with Gasteiger partial charge in [0.2, 0.25) is 0 Å². The number of amides is 1. The lowest BCUT2D eigenvalue weighted by Gasteiger charge is -2.12. The van der Waals surface area contributed by atoms with Gasteiger partial charge < -0.3 is 9.64 Å². The maximum Gasteiger partial charge on any atom is 0.256 e. The lowest BCUT2D eigenvalue weighted by Crippen LogP contribution is -2.22. The van der Waals surface area contributed by atoms with Crippen molar-refractivity contribution in [3.05, 3.63) is 22.4 Å². The molecule has 0 unspecified atom stereocenters. The predicted octanol–water partition coefficient (Wildman–Crippen LogP) is 2.09. The first-order valence-corrected chi connectivity index (χ1v) is 5.91. The van der Waals surface area contributed by atoms with Gasteiger partial charge in [-0.1, -0.05) is 0 Å². The van der Waals surface area contributed by atoms with Crippen LogP contribution >= 0.6 is 15.9 Å². The van der Waals surface area contributed by atoms with Crippen LogP contribution < -0.4 is 4.74 Å². The normalized spacial score (nSPS) is 14.7. The van der Waals surface area contributed by atoms with Gasteiger partial charge in [-0.05, 0) is 34.8 Å². The van der Waals surface area contributed by atoms with Gasteiger partial charge in [-0.2, -0.15) is 0 Å². The summed E-state index contributed by atoms with van der Waals surface area (Å²) >= 11 is 3.27. The zero-order chi connectivity index (χ0) is 11.7. The summed E-state index contributed by atoms with van der Waals surface area (Å²) < 4.78 is 6.15. The first kappa shape index (κ1) is 11.4. The third-order valence-corrected chi connectivity index (χ3v) is 2.91. The van der Waals surface area contributed by atoms with Crippen molar-refractivity contribution in [2.75, 3.05) is 14.1 Å². The highest BCUT2D eigenvalue weighted by Gasteiger charge is 2.24. The van der Waals surface area contributed by atoms with Crippen molar-refractivity contribution in [2.45, 2.75) is 18.9 Å². The number of pyridine rings is 1. The monoisotopic (exact) mass is 284 g/mol. The number of carbonyl (C=O) groups excluding carboxylic acids is 1. The van der Waals surface area contributed by atoms with Crippen molar-refractivity contribution in [1.29, 1.82) is 0 Å². The van der Waals surface area contributed by atoms with Gasteiger partial charge in [-0.25, -0.2) is 4.98 Å². The van der Waals surface area contributed by atoms with Crippen LogP contribution in [0.25, 0.3) is 0 Å². The maximum atomic E-state index is 11.8. The third-order valence-electron chi connectivity index (χ3n) is 2.28. The lowest BCUT2D eigenvalue weighted by molar-refractivity contribution is 0.0825. The molecule has 1 amide bonds. The lowest BCUT2D eigenvalue weighted by atomic mass is 10.2. The van der Waals surface area contributed by atoms with Crippen LogP contribution in [0.2, 0.25) is 0 Å².